The molecule has 0 bridgehead atoms. The zero-order valence-electron chi connectivity index (χ0n) is 17.3. The third-order valence-electron chi connectivity index (χ3n) is 3.63. The molecule has 1 unspecified atom stereocenters. The van der Waals surface area contributed by atoms with Crippen LogP contribution in [0, 0.1) is 0 Å². The number of hydrogen-bond acceptors (Lipinski definition) is 4. The van der Waals surface area contributed by atoms with Crippen molar-refractivity contribution in [2.45, 2.75) is 51.9 Å². The lowest BCUT2D eigenvalue weighted by Gasteiger charge is -2.27. The molecule has 1 saturated heterocycles. The number of amides is 1. The highest BCUT2D eigenvalue weighted by molar-refractivity contribution is 5.82. The van der Waals surface area contributed by atoms with E-state index in [9.17, 15) is 9.59 Å². The Labute approximate surface area is 147 Å². The second kappa shape index (κ2) is 7.51. The lowest BCUT2D eigenvalue weighted by Crippen LogP contribution is -2.44. The standard InChI is InChI=1S/C19H25NO4/c1-5-14-8-10-15(11-9-14)13-23-17(21)16-7-6-12-20(16)18(22)24-19(2,3)4/h5,8-11,16H,1,6-7,12-13H2,2-4H3/i1D2,5D. The van der Waals surface area contributed by atoms with Gasteiger partial charge in [0.2, 0.25) is 0 Å². The van der Waals surface area contributed by atoms with Crippen molar-refractivity contribution < 1.29 is 23.2 Å². The zero-order valence-corrected chi connectivity index (χ0v) is 14.3. The van der Waals surface area contributed by atoms with Crippen molar-refractivity contribution in [2.24, 2.45) is 0 Å². The van der Waals surface area contributed by atoms with Crippen LogP contribution in [-0.2, 0) is 20.9 Å². The molecule has 2 rings (SSSR count). The van der Waals surface area contributed by atoms with Crippen LogP contribution in [0.1, 0.15) is 48.9 Å². The van der Waals surface area contributed by atoms with Crippen molar-refractivity contribution in [1.29, 1.82) is 0 Å². The number of ether oxygens (including phenoxy) is 2. The van der Waals surface area contributed by atoms with Crippen molar-refractivity contribution in [3.05, 3.63) is 41.9 Å². The average molecular weight is 334 g/mol. The van der Waals surface area contributed by atoms with Crippen LogP contribution in [0.5, 0.6) is 0 Å². The highest BCUT2D eigenvalue weighted by Gasteiger charge is 2.37. The highest BCUT2D eigenvalue weighted by Crippen LogP contribution is 2.22. The number of nitrogens with zero attached hydrogens (tertiary/aromatic N) is 1. The maximum absolute atomic E-state index is 12.4. The summed E-state index contributed by atoms with van der Waals surface area (Å²) in [5.41, 5.74) is 0.550. The van der Waals surface area contributed by atoms with Crippen LogP contribution < -0.4 is 0 Å². The van der Waals surface area contributed by atoms with Gasteiger partial charge in [-0.1, -0.05) is 36.8 Å². The van der Waals surface area contributed by atoms with E-state index in [1.165, 1.54) is 4.90 Å². The van der Waals surface area contributed by atoms with Crippen LogP contribution in [0.4, 0.5) is 4.79 Å². The van der Waals surface area contributed by atoms with Crippen LogP contribution in [0.3, 0.4) is 0 Å². The summed E-state index contributed by atoms with van der Waals surface area (Å²) in [5.74, 6) is -0.469. The van der Waals surface area contributed by atoms with Gasteiger partial charge in [-0.2, -0.15) is 0 Å². The number of rotatable bonds is 4. The fraction of sp³-hybridized carbons (Fsp3) is 0.474. The third-order valence-corrected chi connectivity index (χ3v) is 3.63. The monoisotopic (exact) mass is 334 g/mol. The minimum absolute atomic E-state index is 0.0451. The van der Waals surface area contributed by atoms with Gasteiger partial charge in [0.05, 0.1) is 4.11 Å². The van der Waals surface area contributed by atoms with Gasteiger partial charge in [-0.25, -0.2) is 9.59 Å². The molecule has 0 N–H and O–H groups in total. The van der Waals surface area contributed by atoms with Gasteiger partial charge in [0.25, 0.3) is 0 Å². The van der Waals surface area contributed by atoms with E-state index in [4.69, 9.17) is 13.6 Å². The molecule has 0 radical (unpaired) electrons. The summed E-state index contributed by atoms with van der Waals surface area (Å²) in [6.07, 6.45) is 0.747. The van der Waals surface area contributed by atoms with Gasteiger partial charge in [0.1, 0.15) is 18.2 Å². The van der Waals surface area contributed by atoms with Gasteiger partial charge in [-0.15, -0.1) is 0 Å². The van der Waals surface area contributed by atoms with Gasteiger partial charge in [0, 0.05) is 6.54 Å². The largest absolute Gasteiger partial charge is 0.459 e. The van der Waals surface area contributed by atoms with Crippen LogP contribution >= 0.6 is 0 Å². The summed E-state index contributed by atoms with van der Waals surface area (Å²) in [4.78, 5) is 26.1. The van der Waals surface area contributed by atoms with E-state index < -0.39 is 30.2 Å². The summed E-state index contributed by atoms with van der Waals surface area (Å²) < 4.78 is 32.6. The number of esters is 1. The Balaban J connectivity index is 1.95. The average Bonchev–Trinajstić information content (AvgIpc) is 3.08. The van der Waals surface area contributed by atoms with E-state index in [0.29, 0.717) is 18.5 Å². The minimum atomic E-state index is -0.643. The first-order valence-corrected chi connectivity index (χ1v) is 7.98. The quantitative estimate of drug-likeness (QED) is 0.787. The first-order valence-electron chi connectivity index (χ1n) is 9.48. The molecule has 1 aliphatic heterocycles. The SMILES string of the molecule is [2H]C([2H])=C([2H])c1ccc(COC(=O)C2CCCN2C(=O)OC(C)(C)C)cc1. The fourth-order valence-corrected chi connectivity index (χ4v) is 2.49. The Bertz CT molecular complexity index is 721. The lowest BCUT2D eigenvalue weighted by molar-refractivity contribution is -0.150. The summed E-state index contributed by atoms with van der Waals surface area (Å²) in [6, 6.07) is 5.77. The van der Waals surface area contributed by atoms with Gasteiger partial charge in [-0.3, -0.25) is 4.90 Å². The molecule has 1 atom stereocenters. The van der Waals surface area contributed by atoms with E-state index in [-0.39, 0.29) is 12.7 Å². The molecular weight excluding hydrogens is 306 g/mol. The number of benzene rings is 1. The number of carbonyl (C=O) groups excluding carboxylic acids is 2. The van der Waals surface area contributed by atoms with Crippen molar-refractivity contribution in [1.82, 2.24) is 4.90 Å². The minimum Gasteiger partial charge on any atom is -0.459 e. The fourth-order valence-electron chi connectivity index (χ4n) is 2.49. The molecular formula is C19H25NO4. The summed E-state index contributed by atoms with van der Waals surface area (Å²) in [6.45, 7) is 5.28. The van der Waals surface area contributed by atoms with Gasteiger partial charge >= 0.3 is 12.1 Å². The predicted molar refractivity (Wildman–Crippen MR) is 92.3 cm³/mol. The second-order valence-electron chi connectivity index (χ2n) is 6.76. The number of carbonyl (C=O) groups is 2. The Hall–Kier alpha value is -2.30. The molecule has 1 amide bonds. The van der Waals surface area contributed by atoms with Gasteiger partial charge in [-0.05, 0) is 44.7 Å². The van der Waals surface area contributed by atoms with Crippen molar-refractivity contribution in [3.8, 4) is 0 Å². The molecule has 130 valence electrons. The van der Waals surface area contributed by atoms with Crippen molar-refractivity contribution in [3.63, 3.8) is 0 Å². The molecule has 1 fully saturated rings. The molecule has 1 aromatic rings. The molecule has 0 spiro atoms. The molecule has 0 aliphatic carbocycles. The first kappa shape index (κ1) is 14.1. The first-order chi connectivity index (χ1) is 12.6. The van der Waals surface area contributed by atoms with Crippen LogP contribution in [0.2, 0.25) is 0 Å². The smallest absolute Gasteiger partial charge is 0.411 e. The Kier molecular flexibility index (Phi) is 4.41. The van der Waals surface area contributed by atoms with E-state index in [1.807, 2.05) is 0 Å². The summed E-state index contributed by atoms with van der Waals surface area (Å²) >= 11 is 0. The number of hydrogen-bond donors (Lipinski definition) is 0. The van der Waals surface area contributed by atoms with Crippen molar-refractivity contribution >= 4 is 18.1 Å². The van der Waals surface area contributed by atoms with E-state index in [1.54, 1.807) is 45.0 Å². The van der Waals surface area contributed by atoms with Crippen LogP contribution in [-0.4, -0.2) is 35.2 Å². The predicted octanol–water partition coefficient (Wildman–Crippen LogP) is 3.77. The Morgan fingerprint density at radius 1 is 1.42 bits per heavy atom. The van der Waals surface area contributed by atoms with Gasteiger partial charge < -0.3 is 9.47 Å². The van der Waals surface area contributed by atoms with E-state index >= 15 is 0 Å². The third kappa shape index (κ3) is 4.85. The van der Waals surface area contributed by atoms with Crippen LogP contribution in [0.25, 0.3) is 6.05 Å². The van der Waals surface area contributed by atoms with Gasteiger partial charge in [0.15, 0.2) is 0 Å². The molecule has 0 saturated carbocycles. The topological polar surface area (TPSA) is 55.8 Å². The molecule has 1 aliphatic rings. The molecule has 5 nitrogen and oxygen atoms in total. The Morgan fingerprint density at radius 2 is 2.12 bits per heavy atom. The lowest BCUT2D eigenvalue weighted by atomic mass is 10.1. The molecule has 1 aromatic carbocycles. The number of likely N-dealkylation sites (tertiary alicyclic amines) is 1. The van der Waals surface area contributed by atoms with E-state index in [0.717, 1.165) is 12.0 Å². The van der Waals surface area contributed by atoms with Crippen LogP contribution in [0.15, 0.2) is 30.8 Å². The zero-order chi connectivity index (χ0) is 20.2. The molecule has 5 heteroatoms. The normalized spacial score (nSPS) is 19.0. The van der Waals surface area contributed by atoms with Crippen molar-refractivity contribution in [2.75, 3.05) is 6.54 Å². The molecule has 0 aromatic heterocycles. The second-order valence-corrected chi connectivity index (χ2v) is 6.76. The van der Waals surface area contributed by atoms with E-state index in [2.05, 4.69) is 0 Å². The summed E-state index contributed by atoms with van der Waals surface area (Å²) in [5, 5.41) is 0. The Morgan fingerprint density at radius 3 is 2.75 bits per heavy atom. The maximum Gasteiger partial charge on any atom is 0.411 e. The molecule has 24 heavy (non-hydrogen) atoms. The summed E-state index contributed by atoms with van der Waals surface area (Å²) in [7, 11) is 0. The maximum atomic E-state index is 12.4. The molecule has 1 heterocycles. The highest BCUT2D eigenvalue weighted by atomic mass is 16.6.